The molecule has 0 fully saturated rings. The van der Waals surface area contributed by atoms with E-state index in [4.69, 9.17) is 10.2 Å². The van der Waals surface area contributed by atoms with Crippen molar-refractivity contribution in [2.24, 2.45) is 0 Å². The second-order valence-electron chi connectivity index (χ2n) is 4.86. The summed E-state index contributed by atoms with van der Waals surface area (Å²) in [6.07, 6.45) is 0.933. The fourth-order valence-corrected chi connectivity index (χ4v) is 1.91. The Balaban J connectivity index is 1.95. The normalized spacial score (nSPS) is 11.2. The lowest BCUT2D eigenvalue weighted by molar-refractivity contribution is -0.122. The highest BCUT2D eigenvalue weighted by molar-refractivity contribution is 5.78. The molecule has 1 heterocycles. The Morgan fingerprint density at radius 3 is 3.05 bits per heavy atom. The molecule has 0 spiro atoms. The number of nitrogens with one attached hydrogen (secondary N) is 1. The number of hydrogen-bond donors (Lipinski definition) is 2. The van der Waals surface area contributed by atoms with Gasteiger partial charge < -0.3 is 15.5 Å². The summed E-state index contributed by atoms with van der Waals surface area (Å²) in [7, 11) is 1.86. The van der Waals surface area contributed by atoms with Crippen LogP contribution in [-0.2, 0) is 11.3 Å². The minimum Gasteiger partial charge on any atom is -0.439 e. The molecule has 1 aromatic carbocycles. The van der Waals surface area contributed by atoms with Crippen molar-refractivity contribution < 1.29 is 9.21 Å². The Kier molecular flexibility index (Phi) is 4.57. The molecule has 0 aliphatic rings. The van der Waals surface area contributed by atoms with Gasteiger partial charge in [-0.15, -0.1) is 0 Å². The SMILES string of the molecule is CCCNC(=O)CN(C)Cc1nc2cc(N)ccc2o1. The number of benzene rings is 1. The number of aromatic nitrogens is 1. The van der Waals surface area contributed by atoms with Crippen molar-refractivity contribution in [2.45, 2.75) is 19.9 Å². The summed E-state index contributed by atoms with van der Waals surface area (Å²) in [6, 6.07) is 5.35. The average molecular weight is 276 g/mol. The Hall–Kier alpha value is -2.08. The molecule has 0 unspecified atom stereocenters. The molecule has 3 N–H and O–H groups in total. The monoisotopic (exact) mass is 276 g/mol. The van der Waals surface area contributed by atoms with Crippen LogP contribution in [0.1, 0.15) is 19.2 Å². The summed E-state index contributed by atoms with van der Waals surface area (Å²) in [6.45, 7) is 3.53. The molecule has 0 bridgehead atoms. The molecule has 108 valence electrons. The fourth-order valence-electron chi connectivity index (χ4n) is 1.91. The second kappa shape index (κ2) is 6.38. The molecule has 0 radical (unpaired) electrons. The number of hydrogen-bond acceptors (Lipinski definition) is 5. The predicted octanol–water partition coefficient (Wildman–Crippen LogP) is 1.37. The van der Waals surface area contributed by atoms with Gasteiger partial charge in [-0.25, -0.2) is 4.98 Å². The summed E-state index contributed by atoms with van der Waals surface area (Å²) < 4.78 is 5.62. The highest BCUT2D eigenvalue weighted by Crippen LogP contribution is 2.18. The average Bonchev–Trinajstić information content (AvgIpc) is 2.77. The molecule has 20 heavy (non-hydrogen) atoms. The summed E-state index contributed by atoms with van der Waals surface area (Å²) in [5, 5.41) is 2.83. The first-order chi connectivity index (χ1) is 9.58. The molecular formula is C14H20N4O2. The molecule has 0 saturated carbocycles. The van der Waals surface area contributed by atoms with Crippen LogP contribution >= 0.6 is 0 Å². The topological polar surface area (TPSA) is 84.4 Å². The molecule has 6 nitrogen and oxygen atoms in total. The van der Waals surface area contributed by atoms with Gasteiger partial charge >= 0.3 is 0 Å². The lowest BCUT2D eigenvalue weighted by Crippen LogP contribution is -2.35. The van der Waals surface area contributed by atoms with E-state index in [1.165, 1.54) is 0 Å². The lowest BCUT2D eigenvalue weighted by atomic mass is 10.3. The van der Waals surface area contributed by atoms with E-state index >= 15 is 0 Å². The van der Waals surface area contributed by atoms with Crippen molar-refractivity contribution in [1.82, 2.24) is 15.2 Å². The third-order valence-corrected chi connectivity index (χ3v) is 2.85. The number of amides is 1. The van der Waals surface area contributed by atoms with E-state index < -0.39 is 0 Å². The quantitative estimate of drug-likeness (QED) is 0.778. The first kappa shape index (κ1) is 14.3. The van der Waals surface area contributed by atoms with Crippen molar-refractivity contribution in [1.29, 1.82) is 0 Å². The van der Waals surface area contributed by atoms with E-state index in [-0.39, 0.29) is 5.91 Å². The van der Waals surface area contributed by atoms with E-state index in [9.17, 15) is 4.79 Å². The molecule has 1 amide bonds. The molecule has 1 aromatic heterocycles. The highest BCUT2D eigenvalue weighted by Gasteiger charge is 2.11. The number of nitrogens with zero attached hydrogens (tertiary/aromatic N) is 2. The standard InChI is InChI=1S/C14H20N4O2/c1-3-6-16-13(19)8-18(2)9-14-17-11-7-10(15)4-5-12(11)20-14/h4-5,7H,3,6,8-9,15H2,1-2H3,(H,16,19). The van der Waals surface area contributed by atoms with Crippen molar-refractivity contribution in [3.05, 3.63) is 24.1 Å². The van der Waals surface area contributed by atoms with Gasteiger partial charge in [-0.05, 0) is 31.7 Å². The Labute approximate surface area is 117 Å². The fraction of sp³-hybridized carbons (Fsp3) is 0.429. The first-order valence-corrected chi connectivity index (χ1v) is 6.68. The smallest absolute Gasteiger partial charge is 0.234 e. The van der Waals surface area contributed by atoms with Gasteiger partial charge in [0.15, 0.2) is 5.58 Å². The zero-order chi connectivity index (χ0) is 14.5. The molecule has 0 atom stereocenters. The van der Waals surface area contributed by atoms with Crippen LogP contribution < -0.4 is 11.1 Å². The van der Waals surface area contributed by atoms with Crippen LogP contribution in [-0.4, -0.2) is 35.9 Å². The van der Waals surface area contributed by atoms with Crippen molar-refractivity contribution in [3.8, 4) is 0 Å². The molecule has 2 aromatic rings. The third-order valence-electron chi connectivity index (χ3n) is 2.85. The molecule has 0 aliphatic heterocycles. The van der Waals surface area contributed by atoms with E-state index in [0.717, 1.165) is 11.9 Å². The summed E-state index contributed by atoms with van der Waals surface area (Å²) in [5.41, 5.74) is 7.81. The van der Waals surface area contributed by atoms with Gasteiger partial charge in [0.1, 0.15) is 5.52 Å². The van der Waals surface area contributed by atoms with Crippen molar-refractivity contribution >= 4 is 22.7 Å². The number of carbonyl (C=O) groups is 1. The zero-order valence-corrected chi connectivity index (χ0v) is 11.8. The van der Waals surface area contributed by atoms with Crippen molar-refractivity contribution in [3.63, 3.8) is 0 Å². The third kappa shape index (κ3) is 3.71. The number of oxazole rings is 1. The molecular weight excluding hydrogens is 256 g/mol. The van der Waals surface area contributed by atoms with Gasteiger partial charge in [0.2, 0.25) is 11.8 Å². The summed E-state index contributed by atoms with van der Waals surface area (Å²) in [4.78, 5) is 17.8. The number of likely N-dealkylation sites (N-methyl/N-ethyl adjacent to an activating group) is 1. The lowest BCUT2D eigenvalue weighted by Gasteiger charge is -2.13. The van der Waals surface area contributed by atoms with Crippen LogP contribution in [0.3, 0.4) is 0 Å². The Bertz CT molecular complexity index is 594. The van der Waals surface area contributed by atoms with Gasteiger partial charge in [0, 0.05) is 12.2 Å². The number of fused-ring (bicyclic) bond motifs is 1. The largest absolute Gasteiger partial charge is 0.439 e. The van der Waals surface area contributed by atoms with Crippen LogP contribution in [0, 0.1) is 0 Å². The van der Waals surface area contributed by atoms with Gasteiger partial charge in [-0.3, -0.25) is 9.69 Å². The molecule has 6 heteroatoms. The zero-order valence-electron chi connectivity index (χ0n) is 11.8. The Morgan fingerprint density at radius 1 is 1.50 bits per heavy atom. The highest BCUT2D eigenvalue weighted by atomic mass is 16.3. The second-order valence-corrected chi connectivity index (χ2v) is 4.86. The summed E-state index contributed by atoms with van der Waals surface area (Å²) in [5.74, 6) is 0.589. The molecule has 2 rings (SSSR count). The van der Waals surface area contributed by atoms with Crippen LogP contribution in [0.4, 0.5) is 5.69 Å². The van der Waals surface area contributed by atoms with Crippen LogP contribution in [0.5, 0.6) is 0 Å². The van der Waals surface area contributed by atoms with E-state index in [1.54, 1.807) is 18.2 Å². The van der Waals surface area contributed by atoms with Gasteiger partial charge in [-0.2, -0.15) is 0 Å². The maximum Gasteiger partial charge on any atom is 0.234 e. The number of rotatable bonds is 6. The minimum absolute atomic E-state index is 0.00899. The van der Waals surface area contributed by atoms with Crippen LogP contribution in [0.15, 0.2) is 22.6 Å². The maximum absolute atomic E-state index is 11.6. The van der Waals surface area contributed by atoms with Crippen LogP contribution in [0.25, 0.3) is 11.1 Å². The van der Waals surface area contributed by atoms with E-state index in [2.05, 4.69) is 10.3 Å². The predicted molar refractivity (Wildman–Crippen MR) is 78.1 cm³/mol. The van der Waals surface area contributed by atoms with E-state index in [0.29, 0.717) is 36.8 Å². The molecule has 0 saturated heterocycles. The van der Waals surface area contributed by atoms with Gasteiger partial charge in [-0.1, -0.05) is 6.92 Å². The first-order valence-electron chi connectivity index (χ1n) is 6.68. The number of nitrogens with two attached hydrogens (primary N) is 1. The number of carbonyl (C=O) groups excluding carboxylic acids is 1. The number of nitrogen functional groups attached to an aromatic ring is 1. The van der Waals surface area contributed by atoms with Crippen LogP contribution in [0.2, 0.25) is 0 Å². The molecule has 0 aliphatic carbocycles. The van der Waals surface area contributed by atoms with Gasteiger partial charge in [0.25, 0.3) is 0 Å². The van der Waals surface area contributed by atoms with Crippen molar-refractivity contribution in [2.75, 3.05) is 25.9 Å². The van der Waals surface area contributed by atoms with Gasteiger partial charge in [0.05, 0.1) is 13.1 Å². The summed E-state index contributed by atoms with van der Waals surface area (Å²) >= 11 is 0. The number of anilines is 1. The Morgan fingerprint density at radius 2 is 2.30 bits per heavy atom. The minimum atomic E-state index is 0.00899. The van der Waals surface area contributed by atoms with E-state index in [1.807, 2.05) is 18.9 Å². The maximum atomic E-state index is 11.6.